The molecule has 0 spiro atoms. The lowest BCUT2D eigenvalue weighted by Crippen LogP contribution is -2.28. The van der Waals surface area contributed by atoms with Crippen LogP contribution in [0.1, 0.15) is 37.5 Å². The first-order chi connectivity index (χ1) is 9.52. The molecule has 1 aromatic carbocycles. The van der Waals surface area contributed by atoms with Crippen LogP contribution in [0.5, 0.6) is 0 Å². The standard InChI is InChI=1S/C17H23N3/c1-17(2,3)20-12-13(11-19-20)10-18-16-8-14-6-4-5-7-15(14)9-16/h4-7,11-12,16,18H,8-10H2,1-3H3. The van der Waals surface area contributed by atoms with Crippen LogP contribution < -0.4 is 5.32 Å². The molecule has 3 rings (SSSR count). The number of rotatable bonds is 3. The molecule has 20 heavy (non-hydrogen) atoms. The highest BCUT2D eigenvalue weighted by molar-refractivity contribution is 5.33. The fourth-order valence-corrected chi connectivity index (χ4v) is 2.78. The predicted molar refractivity (Wildman–Crippen MR) is 81.7 cm³/mol. The largest absolute Gasteiger partial charge is 0.309 e. The van der Waals surface area contributed by atoms with Gasteiger partial charge in [-0.3, -0.25) is 4.68 Å². The van der Waals surface area contributed by atoms with E-state index in [1.165, 1.54) is 16.7 Å². The van der Waals surface area contributed by atoms with Crippen molar-refractivity contribution in [1.82, 2.24) is 15.1 Å². The highest BCUT2D eigenvalue weighted by Crippen LogP contribution is 2.22. The van der Waals surface area contributed by atoms with Crippen molar-refractivity contribution < 1.29 is 0 Å². The molecule has 0 fully saturated rings. The Kier molecular flexibility index (Phi) is 3.38. The number of hydrogen-bond acceptors (Lipinski definition) is 2. The van der Waals surface area contributed by atoms with Crippen LogP contribution in [0, 0.1) is 0 Å². The van der Waals surface area contributed by atoms with Crippen LogP contribution in [0.2, 0.25) is 0 Å². The first-order valence-electron chi connectivity index (χ1n) is 7.36. The summed E-state index contributed by atoms with van der Waals surface area (Å²) in [6.45, 7) is 7.41. The van der Waals surface area contributed by atoms with E-state index < -0.39 is 0 Å². The first-order valence-corrected chi connectivity index (χ1v) is 7.36. The highest BCUT2D eigenvalue weighted by Gasteiger charge is 2.20. The smallest absolute Gasteiger partial charge is 0.0543 e. The zero-order valence-electron chi connectivity index (χ0n) is 12.6. The third-order valence-electron chi connectivity index (χ3n) is 3.97. The van der Waals surface area contributed by atoms with E-state index >= 15 is 0 Å². The van der Waals surface area contributed by atoms with Gasteiger partial charge in [0, 0.05) is 24.3 Å². The van der Waals surface area contributed by atoms with E-state index in [4.69, 9.17) is 0 Å². The minimum Gasteiger partial charge on any atom is -0.309 e. The van der Waals surface area contributed by atoms with Crippen molar-refractivity contribution in [3.63, 3.8) is 0 Å². The van der Waals surface area contributed by atoms with Crippen LogP contribution in [-0.2, 0) is 24.9 Å². The van der Waals surface area contributed by atoms with Gasteiger partial charge in [-0.25, -0.2) is 0 Å². The topological polar surface area (TPSA) is 29.9 Å². The van der Waals surface area contributed by atoms with Crippen molar-refractivity contribution in [2.45, 2.75) is 51.7 Å². The molecule has 1 aromatic heterocycles. The average Bonchev–Trinajstić information content (AvgIpc) is 3.02. The Labute approximate surface area is 121 Å². The lowest BCUT2D eigenvalue weighted by Gasteiger charge is -2.18. The summed E-state index contributed by atoms with van der Waals surface area (Å²) in [4.78, 5) is 0. The fourth-order valence-electron chi connectivity index (χ4n) is 2.78. The Balaban J connectivity index is 1.58. The zero-order valence-corrected chi connectivity index (χ0v) is 12.6. The van der Waals surface area contributed by atoms with Gasteiger partial charge in [-0.15, -0.1) is 0 Å². The maximum absolute atomic E-state index is 4.45. The van der Waals surface area contributed by atoms with Gasteiger partial charge in [0.1, 0.15) is 0 Å². The van der Waals surface area contributed by atoms with Crippen molar-refractivity contribution in [2.24, 2.45) is 0 Å². The van der Waals surface area contributed by atoms with Crippen LogP contribution >= 0.6 is 0 Å². The Morgan fingerprint density at radius 2 is 1.85 bits per heavy atom. The van der Waals surface area contributed by atoms with Crippen molar-refractivity contribution >= 4 is 0 Å². The molecule has 1 aliphatic carbocycles. The van der Waals surface area contributed by atoms with Gasteiger partial charge in [-0.1, -0.05) is 24.3 Å². The maximum atomic E-state index is 4.45. The summed E-state index contributed by atoms with van der Waals surface area (Å²) in [6.07, 6.45) is 6.41. The summed E-state index contributed by atoms with van der Waals surface area (Å²) >= 11 is 0. The summed E-state index contributed by atoms with van der Waals surface area (Å²) in [7, 11) is 0. The molecule has 0 aliphatic heterocycles. The molecule has 106 valence electrons. The fraction of sp³-hybridized carbons (Fsp3) is 0.471. The van der Waals surface area contributed by atoms with Crippen LogP contribution in [0.25, 0.3) is 0 Å². The predicted octanol–water partition coefficient (Wildman–Crippen LogP) is 2.90. The first kappa shape index (κ1) is 13.4. The molecule has 3 nitrogen and oxygen atoms in total. The molecule has 1 aliphatic rings. The number of fused-ring (bicyclic) bond motifs is 1. The Bertz CT molecular complexity index is 567. The zero-order chi connectivity index (χ0) is 14.2. The molecule has 3 heteroatoms. The normalized spacial score (nSPS) is 15.6. The van der Waals surface area contributed by atoms with Gasteiger partial charge in [0.05, 0.1) is 11.7 Å². The second-order valence-corrected chi connectivity index (χ2v) is 6.72. The molecule has 2 aromatic rings. The molecule has 1 heterocycles. The van der Waals surface area contributed by atoms with Crippen molar-refractivity contribution in [1.29, 1.82) is 0 Å². The monoisotopic (exact) mass is 269 g/mol. The maximum Gasteiger partial charge on any atom is 0.0543 e. The van der Waals surface area contributed by atoms with Crippen LogP contribution in [0.4, 0.5) is 0 Å². The van der Waals surface area contributed by atoms with E-state index in [0.717, 1.165) is 19.4 Å². The third-order valence-corrected chi connectivity index (χ3v) is 3.97. The number of benzene rings is 1. The van der Waals surface area contributed by atoms with Crippen molar-refractivity contribution in [2.75, 3.05) is 0 Å². The van der Waals surface area contributed by atoms with Gasteiger partial charge in [0.2, 0.25) is 0 Å². The summed E-state index contributed by atoms with van der Waals surface area (Å²) < 4.78 is 2.04. The summed E-state index contributed by atoms with van der Waals surface area (Å²) in [5.41, 5.74) is 4.31. The van der Waals surface area contributed by atoms with E-state index in [0.29, 0.717) is 6.04 Å². The minimum atomic E-state index is 0.0574. The van der Waals surface area contributed by atoms with Gasteiger partial charge >= 0.3 is 0 Å². The molecular weight excluding hydrogens is 246 g/mol. The summed E-state index contributed by atoms with van der Waals surface area (Å²) in [6, 6.07) is 9.32. The number of nitrogens with one attached hydrogen (secondary N) is 1. The second kappa shape index (κ2) is 5.06. The van der Waals surface area contributed by atoms with E-state index in [1.807, 2.05) is 10.9 Å². The summed E-state index contributed by atoms with van der Waals surface area (Å²) in [5.74, 6) is 0. The number of aromatic nitrogens is 2. The average molecular weight is 269 g/mol. The third kappa shape index (κ3) is 2.78. The second-order valence-electron chi connectivity index (χ2n) is 6.72. The van der Waals surface area contributed by atoms with E-state index in [-0.39, 0.29) is 5.54 Å². The van der Waals surface area contributed by atoms with Crippen LogP contribution in [-0.4, -0.2) is 15.8 Å². The van der Waals surface area contributed by atoms with E-state index in [2.05, 4.69) is 61.6 Å². The van der Waals surface area contributed by atoms with Crippen LogP contribution in [0.3, 0.4) is 0 Å². The van der Waals surface area contributed by atoms with Gasteiger partial charge < -0.3 is 5.32 Å². The van der Waals surface area contributed by atoms with Crippen molar-refractivity contribution in [3.05, 3.63) is 53.3 Å². The molecule has 0 atom stereocenters. The molecule has 0 unspecified atom stereocenters. The van der Waals surface area contributed by atoms with Gasteiger partial charge in [0.25, 0.3) is 0 Å². The quantitative estimate of drug-likeness (QED) is 0.928. The number of hydrogen-bond donors (Lipinski definition) is 1. The Morgan fingerprint density at radius 3 is 2.40 bits per heavy atom. The van der Waals surface area contributed by atoms with Gasteiger partial charge in [-0.05, 0) is 44.7 Å². The summed E-state index contributed by atoms with van der Waals surface area (Å²) in [5, 5.41) is 8.11. The molecule has 0 amide bonds. The van der Waals surface area contributed by atoms with Gasteiger partial charge in [-0.2, -0.15) is 5.10 Å². The molecule has 0 radical (unpaired) electrons. The van der Waals surface area contributed by atoms with Gasteiger partial charge in [0.15, 0.2) is 0 Å². The molecule has 0 bridgehead atoms. The minimum absolute atomic E-state index is 0.0574. The highest BCUT2D eigenvalue weighted by atomic mass is 15.3. The van der Waals surface area contributed by atoms with Crippen LogP contribution in [0.15, 0.2) is 36.7 Å². The van der Waals surface area contributed by atoms with Crippen molar-refractivity contribution in [3.8, 4) is 0 Å². The Morgan fingerprint density at radius 1 is 1.20 bits per heavy atom. The Hall–Kier alpha value is -1.61. The molecule has 0 saturated carbocycles. The lowest BCUT2D eigenvalue weighted by molar-refractivity contribution is 0.355. The number of nitrogens with zero attached hydrogens (tertiary/aromatic N) is 2. The molecule has 0 saturated heterocycles. The molecule has 1 N–H and O–H groups in total. The van der Waals surface area contributed by atoms with E-state index in [9.17, 15) is 0 Å². The SMILES string of the molecule is CC(C)(C)n1cc(CNC2Cc3ccccc3C2)cn1. The van der Waals surface area contributed by atoms with E-state index in [1.54, 1.807) is 0 Å². The lowest BCUT2D eigenvalue weighted by atomic mass is 10.1. The molecular formula is C17H23N3.